The van der Waals surface area contributed by atoms with Gasteiger partial charge in [-0.25, -0.2) is 0 Å². The van der Waals surface area contributed by atoms with Crippen LogP contribution in [0.3, 0.4) is 0 Å². The number of hydrogen-bond acceptors (Lipinski definition) is 4. The second-order valence-electron chi connectivity index (χ2n) is 5.02. The Balaban J connectivity index is 2.13. The Bertz CT molecular complexity index is 736. The summed E-state index contributed by atoms with van der Waals surface area (Å²) >= 11 is 11.0. The fourth-order valence-electron chi connectivity index (χ4n) is 2.05. The van der Waals surface area contributed by atoms with Crippen LogP contribution >= 0.6 is 23.8 Å². The number of hydrogen-bond donors (Lipinski definition) is 2. The van der Waals surface area contributed by atoms with Crippen LogP contribution in [-0.4, -0.2) is 25.0 Å². The van der Waals surface area contributed by atoms with E-state index < -0.39 is 0 Å². The number of benzene rings is 2. The largest absolute Gasteiger partial charge is 0.493 e. The van der Waals surface area contributed by atoms with E-state index >= 15 is 0 Å². The smallest absolute Gasteiger partial charge is 0.186 e. The van der Waals surface area contributed by atoms with Gasteiger partial charge in [-0.1, -0.05) is 29.8 Å². The number of hydrazone groups is 1. The molecule has 2 aromatic carbocycles. The number of rotatable bonds is 7. The Morgan fingerprint density at radius 1 is 1.24 bits per heavy atom. The topological polar surface area (TPSA) is 54.9 Å². The van der Waals surface area contributed by atoms with Gasteiger partial charge in [0.1, 0.15) is 6.61 Å². The summed E-state index contributed by atoms with van der Waals surface area (Å²) in [6.45, 7) is 3.08. The molecule has 0 amide bonds. The molecule has 5 nitrogen and oxygen atoms in total. The SMILES string of the molecule is CCNC(=S)N/N=C/c1cccc(OC)c1OCc1ccc(Cl)cc1. The second kappa shape index (κ2) is 9.86. The molecule has 25 heavy (non-hydrogen) atoms. The van der Waals surface area contributed by atoms with Gasteiger partial charge in [0.2, 0.25) is 0 Å². The first kappa shape index (κ1) is 19.0. The molecule has 0 saturated carbocycles. The highest BCUT2D eigenvalue weighted by Crippen LogP contribution is 2.30. The maximum Gasteiger partial charge on any atom is 0.186 e. The van der Waals surface area contributed by atoms with Gasteiger partial charge in [0.05, 0.1) is 13.3 Å². The molecule has 2 aromatic rings. The van der Waals surface area contributed by atoms with Gasteiger partial charge < -0.3 is 14.8 Å². The summed E-state index contributed by atoms with van der Waals surface area (Å²) in [7, 11) is 1.60. The average molecular weight is 378 g/mol. The van der Waals surface area contributed by atoms with E-state index in [1.165, 1.54) is 0 Å². The minimum Gasteiger partial charge on any atom is -0.493 e. The van der Waals surface area contributed by atoms with Crippen LogP contribution in [0.25, 0.3) is 0 Å². The second-order valence-corrected chi connectivity index (χ2v) is 5.87. The monoisotopic (exact) mass is 377 g/mol. The first-order valence-electron chi connectivity index (χ1n) is 7.75. The van der Waals surface area contributed by atoms with Crippen molar-refractivity contribution in [3.63, 3.8) is 0 Å². The molecule has 0 aliphatic carbocycles. The summed E-state index contributed by atoms with van der Waals surface area (Å²) in [5, 5.41) is 8.25. The molecule has 0 atom stereocenters. The van der Waals surface area contributed by atoms with E-state index in [0.29, 0.717) is 28.2 Å². The lowest BCUT2D eigenvalue weighted by Crippen LogP contribution is -2.31. The molecule has 0 bridgehead atoms. The summed E-state index contributed by atoms with van der Waals surface area (Å²) < 4.78 is 11.3. The number of halogens is 1. The third kappa shape index (κ3) is 5.92. The molecule has 0 spiro atoms. The van der Waals surface area contributed by atoms with E-state index in [-0.39, 0.29) is 0 Å². The maximum atomic E-state index is 5.95. The predicted molar refractivity (Wildman–Crippen MR) is 106 cm³/mol. The fourth-order valence-corrected chi connectivity index (χ4v) is 2.37. The fraction of sp³-hybridized carbons (Fsp3) is 0.222. The van der Waals surface area contributed by atoms with Gasteiger partial charge >= 0.3 is 0 Å². The Hall–Kier alpha value is -2.31. The molecule has 0 fully saturated rings. The lowest BCUT2D eigenvalue weighted by atomic mass is 10.2. The lowest BCUT2D eigenvalue weighted by molar-refractivity contribution is 0.284. The quantitative estimate of drug-likeness (QED) is 0.437. The van der Waals surface area contributed by atoms with Crippen molar-refractivity contribution in [2.75, 3.05) is 13.7 Å². The Morgan fingerprint density at radius 3 is 2.68 bits per heavy atom. The van der Waals surface area contributed by atoms with Crippen LogP contribution < -0.4 is 20.2 Å². The molecule has 2 N–H and O–H groups in total. The highest BCUT2D eigenvalue weighted by Gasteiger charge is 2.09. The Kier molecular flexibility index (Phi) is 7.50. The van der Waals surface area contributed by atoms with E-state index in [4.69, 9.17) is 33.3 Å². The molecule has 0 radical (unpaired) electrons. The van der Waals surface area contributed by atoms with Gasteiger partial charge in [-0.3, -0.25) is 5.43 Å². The molecular weight excluding hydrogens is 358 g/mol. The number of nitrogens with zero attached hydrogens (tertiary/aromatic N) is 1. The van der Waals surface area contributed by atoms with Crippen LogP contribution in [0.15, 0.2) is 47.6 Å². The predicted octanol–water partition coefficient (Wildman–Crippen LogP) is 3.75. The number of thiocarbonyl (C=S) groups is 1. The average Bonchev–Trinajstić information content (AvgIpc) is 2.62. The number of methoxy groups -OCH3 is 1. The zero-order chi connectivity index (χ0) is 18.1. The van der Waals surface area contributed by atoms with Crippen LogP contribution in [0.1, 0.15) is 18.1 Å². The van der Waals surface area contributed by atoms with E-state index in [0.717, 1.165) is 17.7 Å². The molecule has 7 heteroatoms. The van der Waals surface area contributed by atoms with Crippen LogP contribution in [0, 0.1) is 0 Å². The molecule has 0 saturated heterocycles. The van der Waals surface area contributed by atoms with Crippen molar-refractivity contribution in [3.05, 3.63) is 58.6 Å². The van der Waals surface area contributed by atoms with Gasteiger partial charge in [-0.2, -0.15) is 5.10 Å². The van der Waals surface area contributed by atoms with Crippen molar-refractivity contribution in [1.29, 1.82) is 0 Å². The van der Waals surface area contributed by atoms with Crippen LogP contribution in [0.2, 0.25) is 5.02 Å². The van der Waals surface area contributed by atoms with Crippen molar-refractivity contribution in [2.24, 2.45) is 5.10 Å². The normalized spacial score (nSPS) is 10.5. The lowest BCUT2D eigenvalue weighted by Gasteiger charge is -2.13. The van der Waals surface area contributed by atoms with Gasteiger partial charge in [-0.15, -0.1) is 0 Å². The van der Waals surface area contributed by atoms with Gasteiger partial charge in [0.15, 0.2) is 16.6 Å². The van der Waals surface area contributed by atoms with Gasteiger partial charge in [0.25, 0.3) is 0 Å². The number of para-hydroxylation sites is 1. The Morgan fingerprint density at radius 2 is 2.00 bits per heavy atom. The molecular formula is C18H20ClN3O2S. The first-order valence-corrected chi connectivity index (χ1v) is 8.53. The third-order valence-electron chi connectivity index (χ3n) is 3.23. The summed E-state index contributed by atoms with van der Waals surface area (Å²) in [4.78, 5) is 0. The van der Waals surface area contributed by atoms with Crippen LogP contribution in [0.5, 0.6) is 11.5 Å². The van der Waals surface area contributed by atoms with Crippen molar-refractivity contribution >= 4 is 35.1 Å². The molecule has 0 unspecified atom stereocenters. The minimum atomic E-state index is 0.390. The number of nitrogens with one attached hydrogen (secondary N) is 2. The molecule has 0 aliphatic heterocycles. The Labute approximate surface area is 158 Å². The highest BCUT2D eigenvalue weighted by atomic mass is 35.5. The van der Waals surface area contributed by atoms with Gasteiger partial charge in [0, 0.05) is 17.1 Å². The zero-order valence-electron chi connectivity index (χ0n) is 14.1. The van der Waals surface area contributed by atoms with E-state index in [2.05, 4.69) is 15.8 Å². The van der Waals surface area contributed by atoms with Crippen LogP contribution in [0.4, 0.5) is 0 Å². The molecule has 0 heterocycles. The van der Waals surface area contributed by atoms with E-state index in [9.17, 15) is 0 Å². The summed E-state index contributed by atoms with van der Waals surface area (Å²) in [6, 6.07) is 13.1. The third-order valence-corrected chi connectivity index (χ3v) is 3.72. The van der Waals surface area contributed by atoms with Crippen molar-refractivity contribution < 1.29 is 9.47 Å². The summed E-state index contributed by atoms with van der Waals surface area (Å²) in [5.41, 5.74) is 4.54. The molecule has 2 rings (SSSR count). The molecule has 0 aromatic heterocycles. The summed E-state index contributed by atoms with van der Waals surface area (Å²) in [6.07, 6.45) is 1.64. The molecule has 132 valence electrons. The summed E-state index contributed by atoms with van der Waals surface area (Å²) in [5.74, 6) is 1.24. The van der Waals surface area contributed by atoms with Crippen molar-refractivity contribution in [3.8, 4) is 11.5 Å². The highest BCUT2D eigenvalue weighted by molar-refractivity contribution is 7.80. The number of ether oxygens (including phenoxy) is 2. The van der Waals surface area contributed by atoms with E-state index in [1.54, 1.807) is 13.3 Å². The van der Waals surface area contributed by atoms with Crippen molar-refractivity contribution in [1.82, 2.24) is 10.7 Å². The van der Waals surface area contributed by atoms with E-state index in [1.807, 2.05) is 49.4 Å². The first-order chi connectivity index (χ1) is 12.1. The minimum absolute atomic E-state index is 0.390. The van der Waals surface area contributed by atoms with Crippen molar-refractivity contribution in [2.45, 2.75) is 13.5 Å². The van der Waals surface area contributed by atoms with Crippen LogP contribution in [-0.2, 0) is 6.61 Å². The maximum absolute atomic E-state index is 5.95. The molecule has 0 aliphatic rings. The standard InChI is InChI=1S/C18H20ClN3O2S/c1-3-20-18(25)22-21-11-14-5-4-6-16(23-2)17(14)24-12-13-7-9-15(19)10-8-13/h4-11H,3,12H2,1-2H3,(H2,20,22,25)/b21-11+. The zero-order valence-corrected chi connectivity index (χ0v) is 15.7. The van der Waals surface area contributed by atoms with Gasteiger partial charge in [-0.05, 0) is 49.0 Å².